The van der Waals surface area contributed by atoms with Crippen molar-refractivity contribution in [2.24, 2.45) is 13.0 Å². The van der Waals surface area contributed by atoms with Crippen molar-refractivity contribution in [3.05, 3.63) is 75.1 Å². The molecule has 3 heterocycles. The Morgan fingerprint density at radius 2 is 2.00 bits per heavy atom. The van der Waals surface area contributed by atoms with Gasteiger partial charge in [-0.05, 0) is 55.0 Å². The molecule has 0 aliphatic heterocycles. The van der Waals surface area contributed by atoms with Gasteiger partial charge in [-0.1, -0.05) is 36.9 Å². The summed E-state index contributed by atoms with van der Waals surface area (Å²) >= 11 is 2.74. The summed E-state index contributed by atoms with van der Waals surface area (Å²) in [6.07, 6.45) is 4.66. The third-order valence-corrected chi connectivity index (χ3v) is 8.16. The first-order chi connectivity index (χ1) is 16.4. The van der Waals surface area contributed by atoms with Crippen molar-refractivity contribution in [2.45, 2.75) is 31.3 Å². The molecule has 1 aromatic carbocycles. The number of carbonyl (C=O) groups is 2. The van der Waals surface area contributed by atoms with E-state index in [-0.39, 0.29) is 11.3 Å². The molecule has 3 aromatic heterocycles. The van der Waals surface area contributed by atoms with Gasteiger partial charge in [-0.25, -0.2) is 4.98 Å². The summed E-state index contributed by atoms with van der Waals surface area (Å²) in [4.78, 5) is 45.5. The normalized spacial score (nSPS) is 15.3. The fraction of sp³-hybridized carbons (Fsp3) is 0.280. The molecule has 2 amide bonds. The summed E-state index contributed by atoms with van der Waals surface area (Å²) < 4.78 is 3.24. The number of amides is 2. The molecule has 1 atom stereocenters. The van der Waals surface area contributed by atoms with Gasteiger partial charge in [0.25, 0.3) is 11.5 Å². The molecule has 0 radical (unpaired) electrons. The molecule has 1 N–H and O–H groups in total. The van der Waals surface area contributed by atoms with Crippen LogP contribution in [0.15, 0.2) is 58.6 Å². The molecule has 1 aliphatic rings. The van der Waals surface area contributed by atoms with E-state index >= 15 is 0 Å². The highest BCUT2D eigenvalue weighted by Crippen LogP contribution is 2.37. The summed E-state index contributed by atoms with van der Waals surface area (Å²) in [6.45, 7) is 2.24. The molecule has 7 nitrogen and oxygen atoms in total. The second-order valence-electron chi connectivity index (χ2n) is 8.57. The van der Waals surface area contributed by atoms with E-state index in [0.717, 1.165) is 41.4 Å². The van der Waals surface area contributed by atoms with E-state index in [1.807, 2.05) is 30.3 Å². The highest BCUT2D eigenvalue weighted by molar-refractivity contribution is 7.99. The third kappa shape index (κ3) is 4.21. The largest absolute Gasteiger partial charge is 0.347 e. The van der Waals surface area contributed by atoms with Gasteiger partial charge in [0.2, 0.25) is 5.91 Å². The molecule has 9 heteroatoms. The van der Waals surface area contributed by atoms with Crippen LogP contribution in [-0.2, 0) is 24.7 Å². The van der Waals surface area contributed by atoms with E-state index < -0.39 is 11.8 Å². The Morgan fingerprint density at radius 3 is 2.74 bits per heavy atom. The zero-order valence-electron chi connectivity index (χ0n) is 18.9. The maximum atomic E-state index is 13.7. The Balaban J connectivity index is 1.48. The van der Waals surface area contributed by atoms with E-state index in [1.165, 1.54) is 4.88 Å². The van der Waals surface area contributed by atoms with E-state index in [1.54, 1.807) is 45.8 Å². The standard InChI is InChI=1S/C25H24N4O3S2/c1-15-10-11-17-19(13-15)34-23-21(17)24(32)29(16-7-4-3-5-8-16)25(27-23)33-14-20(30)26-22(31)18-9-6-12-28(18)2/h3-9,12,15H,10-11,13-14H2,1-2H3,(H,26,30,31). The molecule has 174 valence electrons. The Hall–Kier alpha value is -3.17. The predicted octanol–water partition coefficient (Wildman–Crippen LogP) is 3.96. The van der Waals surface area contributed by atoms with Gasteiger partial charge in [0.1, 0.15) is 10.5 Å². The van der Waals surface area contributed by atoms with Crippen LogP contribution in [0.3, 0.4) is 0 Å². The van der Waals surface area contributed by atoms with Crippen LogP contribution >= 0.6 is 23.1 Å². The van der Waals surface area contributed by atoms with Gasteiger partial charge < -0.3 is 4.57 Å². The van der Waals surface area contributed by atoms with Crippen LogP contribution in [-0.4, -0.2) is 31.7 Å². The minimum absolute atomic E-state index is 0.0386. The molecule has 5 rings (SSSR count). The molecule has 0 bridgehead atoms. The summed E-state index contributed by atoms with van der Waals surface area (Å²) in [5.74, 6) is -0.342. The maximum absolute atomic E-state index is 13.7. The van der Waals surface area contributed by atoms with Crippen LogP contribution in [0.4, 0.5) is 0 Å². The number of nitrogens with one attached hydrogen (secondary N) is 1. The zero-order chi connectivity index (χ0) is 23.8. The van der Waals surface area contributed by atoms with Gasteiger partial charge in [0.05, 0.1) is 16.8 Å². The third-order valence-electron chi connectivity index (χ3n) is 6.07. The number of aromatic nitrogens is 3. The Bertz CT molecular complexity index is 1450. The number of rotatable bonds is 5. The number of aryl methyl sites for hydroxylation is 2. The van der Waals surface area contributed by atoms with E-state index in [9.17, 15) is 14.4 Å². The van der Waals surface area contributed by atoms with Crippen molar-refractivity contribution in [1.29, 1.82) is 0 Å². The first-order valence-electron chi connectivity index (χ1n) is 11.1. The Labute approximate surface area is 204 Å². The predicted molar refractivity (Wildman–Crippen MR) is 135 cm³/mol. The number of carbonyl (C=O) groups excluding carboxylic acids is 2. The number of hydrogen-bond acceptors (Lipinski definition) is 6. The quantitative estimate of drug-likeness (QED) is 0.337. The van der Waals surface area contributed by atoms with Crippen molar-refractivity contribution in [3.63, 3.8) is 0 Å². The van der Waals surface area contributed by atoms with Gasteiger partial charge in [-0.2, -0.15) is 0 Å². The number of para-hydroxylation sites is 1. The van der Waals surface area contributed by atoms with Crippen molar-refractivity contribution in [1.82, 2.24) is 19.4 Å². The minimum atomic E-state index is -0.456. The lowest BCUT2D eigenvalue weighted by molar-refractivity contribution is -0.117. The topological polar surface area (TPSA) is 86.0 Å². The first-order valence-corrected chi connectivity index (χ1v) is 12.9. The molecule has 1 aliphatic carbocycles. The average Bonchev–Trinajstić information content (AvgIpc) is 3.41. The van der Waals surface area contributed by atoms with Crippen molar-refractivity contribution >= 4 is 45.1 Å². The molecule has 0 fully saturated rings. The Morgan fingerprint density at radius 1 is 1.21 bits per heavy atom. The van der Waals surface area contributed by atoms with Crippen LogP contribution in [0.25, 0.3) is 15.9 Å². The fourth-order valence-corrected chi connectivity index (χ4v) is 6.56. The summed E-state index contributed by atoms with van der Waals surface area (Å²) in [7, 11) is 1.74. The Kier molecular flexibility index (Phi) is 6.14. The number of nitrogens with zero attached hydrogens (tertiary/aromatic N) is 3. The molecule has 1 unspecified atom stereocenters. The van der Waals surface area contributed by atoms with Gasteiger partial charge >= 0.3 is 0 Å². The molecule has 4 aromatic rings. The van der Waals surface area contributed by atoms with Crippen LogP contribution in [0.1, 0.15) is 34.3 Å². The zero-order valence-corrected chi connectivity index (χ0v) is 20.5. The number of imide groups is 1. The first kappa shape index (κ1) is 22.6. The summed E-state index contributed by atoms with van der Waals surface area (Å²) in [5.41, 5.74) is 2.13. The summed E-state index contributed by atoms with van der Waals surface area (Å²) in [6, 6.07) is 12.7. The minimum Gasteiger partial charge on any atom is -0.347 e. The monoisotopic (exact) mass is 492 g/mol. The van der Waals surface area contributed by atoms with Crippen LogP contribution in [0.2, 0.25) is 0 Å². The van der Waals surface area contributed by atoms with Gasteiger partial charge in [-0.3, -0.25) is 24.3 Å². The molecular formula is C25H24N4O3S2. The number of thioether (sulfide) groups is 1. The molecule has 0 spiro atoms. The highest BCUT2D eigenvalue weighted by Gasteiger charge is 2.25. The van der Waals surface area contributed by atoms with E-state index in [0.29, 0.717) is 27.8 Å². The number of hydrogen-bond donors (Lipinski definition) is 1. The second-order valence-corrected chi connectivity index (χ2v) is 10.6. The highest BCUT2D eigenvalue weighted by atomic mass is 32.2. The fourth-order valence-electron chi connectivity index (χ4n) is 4.33. The average molecular weight is 493 g/mol. The second kappa shape index (κ2) is 9.23. The smallest absolute Gasteiger partial charge is 0.274 e. The van der Waals surface area contributed by atoms with E-state index in [2.05, 4.69) is 12.2 Å². The van der Waals surface area contributed by atoms with Crippen LogP contribution in [0, 0.1) is 5.92 Å². The lowest BCUT2D eigenvalue weighted by atomic mass is 9.89. The lowest BCUT2D eigenvalue weighted by Crippen LogP contribution is -2.33. The van der Waals surface area contributed by atoms with Crippen LogP contribution < -0.4 is 10.9 Å². The molecule has 0 saturated heterocycles. The van der Waals surface area contributed by atoms with Crippen LogP contribution in [0.5, 0.6) is 0 Å². The SMILES string of the molecule is CC1CCc2c(sc3nc(SCC(=O)NC(=O)c4cccn4C)n(-c4ccccc4)c(=O)c23)C1. The van der Waals surface area contributed by atoms with Gasteiger partial charge in [0.15, 0.2) is 5.16 Å². The number of benzene rings is 1. The van der Waals surface area contributed by atoms with E-state index in [4.69, 9.17) is 4.98 Å². The lowest BCUT2D eigenvalue weighted by Gasteiger charge is -2.17. The van der Waals surface area contributed by atoms with Crippen molar-refractivity contribution < 1.29 is 9.59 Å². The van der Waals surface area contributed by atoms with Crippen molar-refractivity contribution in [2.75, 3.05) is 5.75 Å². The van der Waals surface area contributed by atoms with Crippen molar-refractivity contribution in [3.8, 4) is 5.69 Å². The van der Waals surface area contributed by atoms with Gasteiger partial charge in [0, 0.05) is 18.1 Å². The van der Waals surface area contributed by atoms with Gasteiger partial charge in [-0.15, -0.1) is 11.3 Å². The molecule has 0 saturated carbocycles. The number of fused-ring (bicyclic) bond motifs is 3. The maximum Gasteiger partial charge on any atom is 0.274 e. The summed E-state index contributed by atoms with van der Waals surface area (Å²) in [5, 5.41) is 3.56. The molecular weight excluding hydrogens is 468 g/mol. The number of thiophene rings is 1. The molecule has 34 heavy (non-hydrogen) atoms.